The summed E-state index contributed by atoms with van der Waals surface area (Å²) in [6.45, 7) is 2.10. The molecule has 0 atom stereocenters. The third kappa shape index (κ3) is 4.25. The molecule has 1 amide bonds. The lowest BCUT2D eigenvalue weighted by atomic mass is 9.95. The van der Waals surface area contributed by atoms with Gasteiger partial charge in [0.25, 0.3) is 0 Å². The van der Waals surface area contributed by atoms with Gasteiger partial charge in [-0.2, -0.15) is 0 Å². The van der Waals surface area contributed by atoms with Gasteiger partial charge in [-0.1, -0.05) is 11.6 Å². The number of amides is 1. The number of hydrogen-bond acceptors (Lipinski definition) is 5. The Labute approximate surface area is 158 Å². The van der Waals surface area contributed by atoms with Gasteiger partial charge in [0.1, 0.15) is 11.6 Å². The number of benzene rings is 1. The highest BCUT2D eigenvalue weighted by molar-refractivity contribution is 6.30. The molecule has 0 N–H and O–H groups in total. The van der Waals surface area contributed by atoms with E-state index in [0.29, 0.717) is 11.6 Å². The first kappa shape index (κ1) is 18.5. The van der Waals surface area contributed by atoms with Gasteiger partial charge in [-0.25, -0.2) is 4.98 Å². The van der Waals surface area contributed by atoms with E-state index in [1.807, 2.05) is 19.2 Å². The molecule has 26 heavy (non-hydrogen) atoms. The van der Waals surface area contributed by atoms with Crippen molar-refractivity contribution in [1.29, 1.82) is 0 Å². The van der Waals surface area contributed by atoms with Gasteiger partial charge in [0.2, 0.25) is 5.91 Å². The number of methoxy groups -OCH3 is 1. The van der Waals surface area contributed by atoms with Crippen LogP contribution in [0, 0.1) is 5.92 Å². The van der Waals surface area contributed by atoms with Crippen LogP contribution in [-0.4, -0.2) is 48.0 Å². The maximum absolute atomic E-state index is 12.8. The zero-order valence-corrected chi connectivity index (χ0v) is 15.8. The van der Waals surface area contributed by atoms with Crippen molar-refractivity contribution < 1.29 is 9.53 Å². The van der Waals surface area contributed by atoms with Gasteiger partial charge < -0.3 is 14.5 Å². The molecule has 3 rings (SSSR count). The summed E-state index contributed by atoms with van der Waals surface area (Å²) in [4.78, 5) is 25.2. The van der Waals surface area contributed by atoms with Crippen LogP contribution < -0.4 is 9.64 Å². The molecule has 1 fully saturated rings. The van der Waals surface area contributed by atoms with E-state index in [4.69, 9.17) is 16.3 Å². The van der Waals surface area contributed by atoms with Gasteiger partial charge in [-0.3, -0.25) is 9.78 Å². The Morgan fingerprint density at radius 1 is 1.35 bits per heavy atom. The van der Waals surface area contributed by atoms with Crippen LogP contribution in [0.2, 0.25) is 5.02 Å². The first-order valence-electron chi connectivity index (χ1n) is 8.67. The fourth-order valence-corrected chi connectivity index (χ4v) is 3.52. The number of carbonyl (C=O) groups is 1. The second-order valence-corrected chi connectivity index (χ2v) is 6.91. The summed E-state index contributed by atoms with van der Waals surface area (Å²) in [5, 5.41) is 0.638. The van der Waals surface area contributed by atoms with Crippen molar-refractivity contribution in [2.45, 2.75) is 19.4 Å². The van der Waals surface area contributed by atoms with Crippen LogP contribution in [0.25, 0.3) is 0 Å². The van der Waals surface area contributed by atoms with E-state index in [0.717, 1.165) is 43.1 Å². The third-order valence-corrected chi connectivity index (χ3v) is 4.98. The van der Waals surface area contributed by atoms with Crippen molar-refractivity contribution >= 4 is 23.3 Å². The van der Waals surface area contributed by atoms with Crippen molar-refractivity contribution in [2.24, 2.45) is 5.92 Å². The maximum atomic E-state index is 12.8. The lowest BCUT2D eigenvalue weighted by Crippen LogP contribution is -2.41. The van der Waals surface area contributed by atoms with E-state index in [1.165, 1.54) is 0 Å². The molecule has 1 aliphatic rings. The van der Waals surface area contributed by atoms with Gasteiger partial charge in [0.15, 0.2) is 0 Å². The molecular formula is C19H23ClN4O2. The second kappa shape index (κ2) is 8.36. The van der Waals surface area contributed by atoms with Crippen LogP contribution in [0.15, 0.2) is 36.8 Å². The molecular weight excluding hydrogens is 352 g/mol. The molecule has 2 aromatic rings. The van der Waals surface area contributed by atoms with Gasteiger partial charge in [0.05, 0.1) is 13.3 Å². The SMILES string of the molecule is COc1ccc(Cl)cc1CN(C)C(=O)C1CCN(c2cnccn2)CC1. The fourth-order valence-electron chi connectivity index (χ4n) is 3.33. The standard InChI is InChI=1S/C19H23ClN4O2/c1-23(13-15-11-16(20)3-4-17(15)26-2)19(25)14-5-9-24(10-6-14)18-12-21-7-8-22-18/h3-4,7-8,11-12,14H,5-6,9-10,13H2,1-2H3. The van der Waals surface area contributed by atoms with Crippen molar-refractivity contribution in [3.05, 3.63) is 47.4 Å². The zero-order valence-electron chi connectivity index (χ0n) is 15.1. The smallest absolute Gasteiger partial charge is 0.225 e. The number of rotatable bonds is 5. The van der Waals surface area contributed by atoms with Gasteiger partial charge >= 0.3 is 0 Å². The molecule has 138 valence electrons. The van der Waals surface area contributed by atoms with E-state index in [9.17, 15) is 4.79 Å². The highest BCUT2D eigenvalue weighted by atomic mass is 35.5. The molecule has 0 bridgehead atoms. The molecule has 1 aliphatic heterocycles. The fraction of sp³-hybridized carbons (Fsp3) is 0.421. The summed E-state index contributed by atoms with van der Waals surface area (Å²) in [5.41, 5.74) is 0.910. The summed E-state index contributed by atoms with van der Waals surface area (Å²) in [6.07, 6.45) is 6.75. The quantitative estimate of drug-likeness (QED) is 0.805. The van der Waals surface area contributed by atoms with Crippen LogP contribution in [0.3, 0.4) is 0 Å². The van der Waals surface area contributed by atoms with Crippen LogP contribution in [0.4, 0.5) is 5.82 Å². The summed E-state index contributed by atoms with van der Waals surface area (Å²) in [6, 6.07) is 5.46. The molecule has 0 aliphatic carbocycles. The Bertz CT molecular complexity index is 748. The minimum atomic E-state index is 0.0260. The summed E-state index contributed by atoms with van der Waals surface area (Å²) < 4.78 is 5.37. The summed E-state index contributed by atoms with van der Waals surface area (Å²) in [7, 11) is 3.45. The van der Waals surface area contributed by atoms with Crippen molar-refractivity contribution in [1.82, 2.24) is 14.9 Å². The third-order valence-electron chi connectivity index (χ3n) is 4.74. The Balaban J connectivity index is 1.59. The number of hydrogen-bond donors (Lipinski definition) is 0. The highest BCUT2D eigenvalue weighted by Crippen LogP contribution is 2.26. The largest absolute Gasteiger partial charge is 0.496 e. The lowest BCUT2D eigenvalue weighted by Gasteiger charge is -2.33. The number of anilines is 1. The van der Waals surface area contributed by atoms with E-state index in [-0.39, 0.29) is 11.8 Å². The second-order valence-electron chi connectivity index (χ2n) is 6.48. The van der Waals surface area contributed by atoms with E-state index < -0.39 is 0 Å². The molecule has 1 aromatic heterocycles. The normalized spacial score (nSPS) is 15.0. The predicted octanol–water partition coefficient (Wildman–Crippen LogP) is 3.01. The average Bonchev–Trinajstić information content (AvgIpc) is 2.68. The Kier molecular flexibility index (Phi) is 5.93. The monoisotopic (exact) mass is 374 g/mol. The van der Waals surface area contributed by atoms with Crippen molar-refractivity contribution in [3.63, 3.8) is 0 Å². The minimum absolute atomic E-state index is 0.0260. The summed E-state index contributed by atoms with van der Waals surface area (Å²) >= 11 is 6.08. The zero-order chi connectivity index (χ0) is 18.5. The van der Waals surface area contributed by atoms with E-state index in [2.05, 4.69) is 14.9 Å². The number of nitrogens with zero attached hydrogens (tertiary/aromatic N) is 4. The molecule has 6 nitrogen and oxygen atoms in total. The maximum Gasteiger partial charge on any atom is 0.225 e. The number of halogens is 1. The molecule has 2 heterocycles. The number of piperidine rings is 1. The predicted molar refractivity (Wildman–Crippen MR) is 101 cm³/mol. The Morgan fingerprint density at radius 3 is 2.77 bits per heavy atom. The van der Waals surface area contributed by atoms with Crippen molar-refractivity contribution in [2.75, 3.05) is 32.1 Å². The number of carbonyl (C=O) groups excluding carboxylic acids is 1. The van der Waals surface area contributed by atoms with Crippen LogP contribution in [0.5, 0.6) is 5.75 Å². The Morgan fingerprint density at radius 2 is 2.12 bits per heavy atom. The Hall–Kier alpha value is -2.34. The van der Waals surface area contributed by atoms with E-state index in [1.54, 1.807) is 36.7 Å². The molecule has 0 radical (unpaired) electrons. The highest BCUT2D eigenvalue weighted by Gasteiger charge is 2.28. The van der Waals surface area contributed by atoms with Gasteiger partial charge in [0, 0.05) is 55.6 Å². The van der Waals surface area contributed by atoms with Crippen LogP contribution >= 0.6 is 11.6 Å². The molecule has 0 saturated carbocycles. The van der Waals surface area contributed by atoms with E-state index >= 15 is 0 Å². The average molecular weight is 375 g/mol. The lowest BCUT2D eigenvalue weighted by molar-refractivity contribution is -0.135. The number of ether oxygens (including phenoxy) is 1. The topological polar surface area (TPSA) is 58.6 Å². The minimum Gasteiger partial charge on any atom is -0.496 e. The van der Waals surface area contributed by atoms with Crippen molar-refractivity contribution in [3.8, 4) is 5.75 Å². The first-order valence-corrected chi connectivity index (χ1v) is 9.04. The summed E-state index contributed by atoms with van der Waals surface area (Å²) in [5.74, 6) is 1.80. The molecule has 7 heteroatoms. The molecule has 1 saturated heterocycles. The van der Waals surface area contributed by atoms with Gasteiger partial charge in [-0.15, -0.1) is 0 Å². The molecule has 1 aromatic carbocycles. The molecule has 0 spiro atoms. The number of aromatic nitrogens is 2. The van der Waals surface area contributed by atoms with Crippen LogP contribution in [0.1, 0.15) is 18.4 Å². The first-order chi connectivity index (χ1) is 12.6. The van der Waals surface area contributed by atoms with Gasteiger partial charge in [-0.05, 0) is 31.0 Å². The molecule has 0 unspecified atom stereocenters. The van der Waals surface area contributed by atoms with Crippen LogP contribution in [-0.2, 0) is 11.3 Å².